The quantitative estimate of drug-likeness (QED) is 0.811. The molecule has 0 aliphatic heterocycles. The highest BCUT2D eigenvalue weighted by Crippen LogP contribution is 2.44. The van der Waals surface area contributed by atoms with Gasteiger partial charge < -0.3 is 10.6 Å². The Morgan fingerprint density at radius 2 is 2.12 bits per heavy atom. The molecular formula is C14H20N2O. The normalized spacial score (nSPS) is 16.6. The Bertz CT molecular complexity index is 410. The van der Waals surface area contributed by atoms with Crippen LogP contribution in [0.3, 0.4) is 0 Å². The minimum Gasteiger partial charge on any atom is -0.351 e. The van der Waals surface area contributed by atoms with E-state index in [2.05, 4.69) is 10.6 Å². The largest absolute Gasteiger partial charge is 0.351 e. The Labute approximate surface area is 103 Å². The highest BCUT2D eigenvalue weighted by Gasteiger charge is 2.41. The van der Waals surface area contributed by atoms with Crippen molar-refractivity contribution in [1.29, 1.82) is 0 Å². The van der Waals surface area contributed by atoms with E-state index in [1.54, 1.807) is 0 Å². The highest BCUT2D eigenvalue weighted by molar-refractivity contribution is 5.94. The van der Waals surface area contributed by atoms with Crippen molar-refractivity contribution in [3.63, 3.8) is 0 Å². The van der Waals surface area contributed by atoms with Gasteiger partial charge in [-0.05, 0) is 38.9 Å². The van der Waals surface area contributed by atoms with Crippen molar-refractivity contribution in [1.82, 2.24) is 10.6 Å². The molecule has 1 fully saturated rings. The van der Waals surface area contributed by atoms with E-state index >= 15 is 0 Å². The summed E-state index contributed by atoms with van der Waals surface area (Å²) in [4.78, 5) is 11.9. The van der Waals surface area contributed by atoms with Crippen LogP contribution >= 0.6 is 0 Å². The summed E-state index contributed by atoms with van der Waals surface area (Å²) in [6.07, 6.45) is 2.42. The SMILES string of the molecule is CNCC1(CNC(=O)c2cccc(C)c2)CC1. The number of amides is 1. The number of benzene rings is 1. The van der Waals surface area contributed by atoms with Gasteiger partial charge in [0.2, 0.25) is 0 Å². The summed E-state index contributed by atoms with van der Waals surface area (Å²) < 4.78 is 0. The molecule has 0 radical (unpaired) electrons. The van der Waals surface area contributed by atoms with Gasteiger partial charge in [0.25, 0.3) is 5.91 Å². The molecule has 1 aliphatic rings. The maximum absolute atomic E-state index is 11.9. The second-order valence-corrected chi connectivity index (χ2v) is 5.08. The van der Waals surface area contributed by atoms with Crippen LogP contribution in [0.25, 0.3) is 0 Å². The molecule has 1 aromatic rings. The van der Waals surface area contributed by atoms with Crippen molar-refractivity contribution < 1.29 is 4.79 Å². The number of carbonyl (C=O) groups excluding carboxylic acids is 1. The molecule has 0 heterocycles. The number of rotatable bonds is 5. The molecule has 0 unspecified atom stereocenters. The Morgan fingerprint density at radius 1 is 1.35 bits per heavy atom. The van der Waals surface area contributed by atoms with Crippen LogP contribution in [0.2, 0.25) is 0 Å². The molecule has 3 nitrogen and oxygen atoms in total. The van der Waals surface area contributed by atoms with Crippen LogP contribution in [-0.4, -0.2) is 26.0 Å². The van der Waals surface area contributed by atoms with E-state index in [-0.39, 0.29) is 5.91 Å². The third kappa shape index (κ3) is 3.07. The average Bonchev–Trinajstić information content (AvgIpc) is 3.07. The van der Waals surface area contributed by atoms with Gasteiger partial charge in [-0.3, -0.25) is 4.79 Å². The number of nitrogens with one attached hydrogen (secondary N) is 2. The average molecular weight is 232 g/mol. The van der Waals surface area contributed by atoms with E-state index in [0.29, 0.717) is 5.41 Å². The lowest BCUT2D eigenvalue weighted by Gasteiger charge is -2.15. The molecule has 1 aliphatic carbocycles. The van der Waals surface area contributed by atoms with Gasteiger partial charge in [0.05, 0.1) is 0 Å². The minimum atomic E-state index is 0.0380. The molecule has 1 amide bonds. The molecule has 1 aromatic carbocycles. The van der Waals surface area contributed by atoms with Gasteiger partial charge >= 0.3 is 0 Å². The van der Waals surface area contributed by atoms with Crippen LogP contribution in [0, 0.1) is 12.3 Å². The lowest BCUT2D eigenvalue weighted by Crippen LogP contribution is -2.34. The maximum Gasteiger partial charge on any atom is 0.251 e. The summed E-state index contributed by atoms with van der Waals surface area (Å²) in [5.41, 5.74) is 2.19. The van der Waals surface area contributed by atoms with Crippen LogP contribution < -0.4 is 10.6 Å². The van der Waals surface area contributed by atoms with Gasteiger partial charge in [-0.2, -0.15) is 0 Å². The van der Waals surface area contributed by atoms with E-state index in [1.165, 1.54) is 12.8 Å². The Morgan fingerprint density at radius 3 is 2.71 bits per heavy atom. The molecule has 0 aromatic heterocycles. The fourth-order valence-corrected chi connectivity index (χ4v) is 2.12. The third-order valence-corrected chi connectivity index (χ3v) is 3.41. The summed E-state index contributed by atoms with van der Waals surface area (Å²) >= 11 is 0. The third-order valence-electron chi connectivity index (χ3n) is 3.41. The highest BCUT2D eigenvalue weighted by atomic mass is 16.1. The fourth-order valence-electron chi connectivity index (χ4n) is 2.12. The number of carbonyl (C=O) groups is 1. The molecule has 3 heteroatoms. The summed E-state index contributed by atoms with van der Waals surface area (Å²) in [6.45, 7) is 3.77. The van der Waals surface area contributed by atoms with E-state index in [0.717, 1.165) is 24.2 Å². The Hall–Kier alpha value is -1.35. The second kappa shape index (κ2) is 4.88. The predicted molar refractivity (Wildman–Crippen MR) is 69.1 cm³/mol. The van der Waals surface area contributed by atoms with Crippen molar-refractivity contribution in [3.05, 3.63) is 35.4 Å². The van der Waals surface area contributed by atoms with Crippen molar-refractivity contribution in [3.8, 4) is 0 Å². The molecular weight excluding hydrogens is 212 g/mol. The first-order chi connectivity index (χ1) is 8.15. The maximum atomic E-state index is 11.9. The monoisotopic (exact) mass is 232 g/mol. The standard InChI is InChI=1S/C14H20N2O/c1-11-4-3-5-12(8-11)13(17)16-10-14(6-7-14)9-15-2/h3-5,8,15H,6-7,9-10H2,1-2H3,(H,16,17). The van der Waals surface area contributed by atoms with Crippen molar-refractivity contribution in [2.24, 2.45) is 5.41 Å². The van der Waals surface area contributed by atoms with E-state index in [9.17, 15) is 4.79 Å². The summed E-state index contributed by atoms with van der Waals surface area (Å²) in [5, 5.41) is 6.23. The molecule has 2 N–H and O–H groups in total. The van der Waals surface area contributed by atoms with Crippen LogP contribution in [0.4, 0.5) is 0 Å². The van der Waals surface area contributed by atoms with E-state index in [4.69, 9.17) is 0 Å². The van der Waals surface area contributed by atoms with Gasteiger partial charge in [0.1, 0.15) is 0 Å². The Balaban J connectivity index is 1.90. The number of hydrogen-bond donors (Lipinski definition) is 2. The van der Waals surface area contributed by atoms with Crippen molar-refractivity contribution in [2.75, 3.05) is 20.1 Å². The van der Waals surface area contributed by atoms with E-state index in [1.807, 2.05) is 38.2 Å². The van der Waals surface area contributed by atoms with Gasteiger partial charge in [-0.25, -0.2) is 0 Å². The first-order valence-electron chi connectivity index (χ1n) is 6.15. The number of aryl methyl sites for hydroxylation is 1. The van der Waals surface area contributed by atoms with Gasteiger partial charge in [0.15, 0.2) is 0 Å². The summed E-state index contributed by atoms with van der Waals surface area (Å²) in [7, 11) is 1.96. The first kappa shape index (κ1) is 12.1. The second-order valence-electron chi connectivity index (χ2n) is 5.08. The van der Waals surface area contributed by atoms with Crippen LogP contribution in [0.1, 0.15) is 28.8 Å². The van der Waals surface area contributed by atoms with Crippen molar-refractivity contribution >= 4 is 5.91 Å². The molecule has 0 saturated heterocycles. The van der Waals surface area contributed by atoms with Crippen LogP contribution in [-0.2, 0) is 0 Å². The van der Waals surface area contributed by atoms with Gasteiger partial charge in [0, 0.05) is 24.1 Å². The molecule has 92 valence electrons. The zero-order valence-electron chi connectivity index (χ0n) is 10.5. The van der Waals surface area contributed by atoms with E-state index < -0.39 is 0 Å². The molecule has 0 bridgehead atoms. The van der Waals surface area contributed by atoms with Gasteiger partial charge in [-0.15, -0.1) is 0 Å². The molecule has 1 saturated carbocycles. The lowest BCUT2D eigenvalue weighted by atomic mass is 10.1. The van der Waals surface area contributed by atoms with Crippen LogP contribution in [0.15, 0.2) is 24.3 Å². The van der Waals surface area contributed by atoms with Crippen LogP contribution in [0.5, 0.6) is 0 Å². The first-order valence-corrected chi connectivity index (χ1v) is 6.15. The summed E-state index contributed by atoms with van der Waals surface area (Å²) in [5.74, 6) is 0.0380. The smallest absolute Gasteiger partial charge is 0.251 e. The fraction of sp³-hybridized carbons (Fsp3) is 0.500. The molecule has 2 rings (SSSR count). The molecule has 17 heavy (non-hydrogen) atoms. The summed E-state index contributed by atoms with van der Waals surface area (Å²) in [6, 6.07) is 7.71. The van der Waals surface area contributed by atoms with Crippen molar-refractivity contribution in [2.45, 2.75) is 19.8 Å². The topological polar surface area (TPSA) is 41.1 Å². The number of hydrogen-bond acceptors (Lipinski definition) is 2. The Kier molecular flexibility index (Phi) is 3.48. The molecule has 0 spiro atoms. The zero-order valence-corrected chi connectivity index (χ0v) is 10.5. The van der Waals surface area contributed by atoms with Gasteiger partial charge in [-0.1, -0.05) is 17.7 Å². The minimum absolute atomic E-state index is 0.0380. The lowest BCUT2D eigenvalue weighted by molar-refractivity contribution is 0.0944. The predicted octanol–water partition coefficient (Wildman–Crippen LogP) is 1.72. The zero-order chi connectivity index (χ0) is 12.3. The molecule has 0 atom stereocenters.